The molecule has 0 unspecified atom stereocenters. The summed E-state index contributed by atoms with van der Waals surface area (Å²) in [7, 11) is 0. The summed E-state index contributed by atoms with van der Waals surface area (Å²) >= 11 is 0. The van der Waals surface area contributed by atoms with Crippen molar-refractivity contribution in [3.05, 3.63) is 18.1 Å². The van der Waals surface area contributed by atoms with Crippen LogP contribution in [0.4, 0.5) is 0 Å². The molecule has 1 rings (SSSR count). The van der Waals surface area contributed by atoms with Gasteiger partial charge >= 0.3 is 0 Å². The molecule has 5 heteroatoms. The third-order valence-electron chi connectivity index (χ3n) is 2.25. The fourth-order valence-corrected chi connectivity index (χ4v) is 1.33. The summed E-state index contributed by atoms with van der Waals surface area (Å²) in [5, 5.41) is 3.36. The van der Waals surface area contributed by atoms with E-state index in [-0.39, 0.29) is 11.6 Å². The molecule has 0 saturated carbocycles. The average molecular weight is 267 g/mol. The summed E-state index contributed by atoms with van der Waals surface area (Å²) in [5.74, 6) is 0.542. The van der Waals surface area contributed by atoms with E-state index in [2.05, 4.69) is 36.1 Å². The molecule has 108 valence electrons. The summed E-state index contributed by atoms with van der Waals surface area (Å²) in [6.45, 7) is 12.1. The molecule has 0 bridgehead atoms. The van der Waals surface area contributed by atoms with Crippen LogP contribution in [0.1, 0.15) is 40.3 Å². The van der Waals surface area contributed by atoms with Crippen LogP contribution in [-0.2, 0) is 11.3 Å². The van der Waals surface area contributed by atoms with E-state index in [1.807, 2.05) is 13.8 Å². The Labute approximate surface area is 115 Å². The van der Waals surface area contributed by atoms with Gasteiger partial charge in [-0.1, -0.05) is 0 Å². The maximum absolute atomic E-state index is 5.50. The number of nitrogens with zero attached hydrogens (tertiary/aromatic N) is 2. The van der Waals surface area contributed by atoms with E-state index in [4.69, 9.17) is 9.47 Å². The van der Waals surface area contributed by atoms with E-state index in [0.717, 1.165) is 5.69 Å². The smallest absolute Gasteiger partial charge is 0.232 e. The zero-order valence-corrected chi connectivity index (χ0v) is 12.6. The predicted octanol–water partition coefficient (Wildman–Crippen LogP) is 2.17. The highest BCUT2D eigenvalue weighted by Gasteiger charge is 2.09. The van der Waals surface area contributed by atoms with Crippen LogP contribution in [0.3, 0.4) is 0 Å². The second-order valence-corrected chi connectivity index (χ2v) is 5.72. The lowest BCUT2D eigenvalue weighted by Crippen LogP contribution is -2.35. The van der Waals surface area contributed by atoms with E-state index in [9.17, 15) is 0 Å². The first-order valence-electron chi connectivity index (χ1n) is 6.67. The van der Waals surface area contributed by atoms with Crippen molar-refractivity contribution in [3.8, 4) is 5.88 Å². The Morgan fingerprint density at radius 2 is 1.95 bits per heavy atom. The molecule has 0 saturated heterocycles. The molecule has 0 aliphatic heterocycles. The van der Waals surface area contributed by atoms with Crippen LogP contribution in [0.25, 0.3) is 0 Å². The first kappa shape index (κ1) is 15.9. The molecule has 1 N–H and O–H groups in total. The van der Waals surface area contributed by atoms with Gasteiger partial charge in [-0.15, -0.1) is 0 Å². The molecule has 5 nitrogen and oxygen atoms in total. The second kappa shape index (κ2) is 7.40. The fourth-order valence-electron chi connectivity index (χ4n) is 1.33. The Kier molecular flexibility index (Phi) is 6.18. The fraction of sp³-hybridized carbons (Fsp3) is 0.714. The maximum atomic E-state index is 5.50. The molecular formula is C14H25N3O2. The minimum atomic E-state index is 0.0592. The van der Waals surface area contributed by atoms with E-state index >= 15 is 0 Å². The number of hydrogen-bond acceptors (Lipinski definition) is 5. The quantitative estimate of drug-likeness (QED) is 0.767. The molecule has 19 heavy (non-hydrogen) atoms. The largest absolute Gasteiger partial charge is 0.474 e. The van der Waals surface area contributed by atoms with Crippen molar-refractivity contribution in [1.29, 1.82) is 0 Å². The summed E-state index contributed by atoms with van der Waals surface area (Å²) in [5.41, 5.74) is 0.932. The highest BCUT2D eigenvalue weighted by atomic mass is 16.5. The minimum absolute atomic E-state index is 0.0592. The molecule has 1 aromatic rings. The highest BCUT2D eigenvalue weighted by molar-refractivity contribution is 5.08. The second-order valence-electron chi connectivity index (χ2n) is 5.72. The summed E-state index contributed by atoms with van der Waals surface area (Å²) < 4.78 is 10.9. The van der Waals surface area contributed by atoms with Crippen LogP contribution >= 0.6 is 0 Å². The molecule has 0 aromatic carbocycles. The van der Waals surface area contributed by atoms with Crippen molar-refractivity contribution < 1.29 is 9.47 Å². The molecule has 0 spiro atoms. The van der Waals surface area contributed by atoms with Crippen LogP contribution in [0, 0.1) is 0 Å². The average Bonchev–Trinajstić information content (AvgIpc) is 2.32. The first-order chi connectivity index (χ1) is 8.87. The van der Waals surface area contributed by atoms with Crippen LogP contribution in [0.5, 0.6) is 5.88 Å². The molecule has 0 fully saturated rings. The number of ether oxygens (including phenoxy) is 2. The predicted molar refractivity (Wildman–Crippen MR) is 75.2 cm³/mol. The SMILES string of the molecule is CC(C)OCCOc1cncc(CNC(C)(C)C)n1. The van der Waals surface area contributed by atoms with Gasteiger partial charge in [0.15, 0.2) is 0 Å². The monoisotopic (exact) mass is 267 g/mol. The summed E-state index contributed by atoms with van der Waals surface area (Å²) in [6.07, 6.45) is 3.59. The third kappa shape index (κ3) is 7.74. The van der Waals surface area contributed by atoms with Crippen LogP contribution < -0.4 is 10.1 Å². The van der Waals surface area contributed by atoms with Crippen molar-refractivity contribution in [2.75, 3.05) is 13.2 Å². The molecule has 0 atom stereocenters. The highest BCUT2D eigenvalue weighted by Crippen LogP contribution is 2.07. The van der Waals surface area contributed by atoms with Gasteiger partial charge in [-0.05, 0) is 34.6 Å². The molecule has 0 amide bonds. The van der Waals surface area contributed by atoms with Gasteiger partial charge in [-0.25, -0.2) is 4.98 Å². The Bertz CT molecular complexity index is 375. The van der Waals surface area contributed by atoms with E-state index in [0.29, 0.717) is 25.6 Å². The van der Waals surface area contributed by atoms with E-state index < -0.39 is 0 Å². The Hall–Kier alpha value is -1.20. The van der Waals surface area contributed by atoms with Crippen LogP contribution in [-0.4, -0.2) is 34.8 Å². The zero-order valence-electron chi connectivity index (χ0n) is 12.6. The molecule has 1 aromatic heterocycles. The Morgan fingerprint density at radius 3 is 2.58 bits per heavy atom. The molecule has 0 aliphatic rings. The van der Waals surface area contributed by atoms with Crippen molar-refractivity contribution in [2.24, 2.45) is 0 Å². The van der Waals surface area contributed by atoms with Crippen LogP contribution in [0.15, 0.2) is 12.4 Å². The Balaban J connectivity index is 2.39. The maximum Gasteiger partial charge on any atom is 0.232 e. The van der Waals surface area contributed by atoms with Crippen molar-refractivity contribution in [1.82, 2.24) is 15.3 Å². The van der Waals surface area contributed by atoms with Gasteiger partial charge in [-0.3, -0.25) is 4.98 Å². The van der Waals surface area contributed by atoms with Gasteiger partial charge < -0.3 is 14.8 Å². The first-order valence-corrected chi connectivity index (χ1v) is 6.67. The van der Waals surface area contributed by atoms with E-state index in [1.54, 1.807) is 12.4 Å². The normalized spacial score (nSPS) is 11.9. The summed E-state index contributed by atoms with van der Waals surface area (Å²) in [4.78, 5) is 8.52. The third-order valence-corrected chi connectivity index (χ3v) is 2.25. The lowest BCUT2D eigenvalue weighted by atomic mass is 10.1. The van der Waals surface area contributed by atoms with Gasteiger partial charge in [0.1, 0.15) is 6.61 Å². The van der Waals surface area contributed by atoms with Crippen molar-refractivity contribution >= 4 is 0 Å². The minimum Gasteiger partial charge on any atom is -0.474 e. The van der Waals surface area contributed by atoms with Gasteiger partial charge in [0.05, 0.1) is 24.6 Å². The number of rotatable bonds is 7. The van der Waals surface area contributed by atoms with Gasteiger partial charge in [0, 0.05) is 18.3 Å². The van der Waals surface area contributed by atoms with Gasteiger partial charge in [-0.2, -0.15) is 0 Å². The molecule has 0 aliphatic carbocycles. The van der Waals surface area contributed by atoms with Crippen LogP contribution in [0.2, 0.25) is 0 Å². The lowest BCUT2D eigenvalue weighted by molar-refractivity contribution is 0.0541. The van der Waals surface area contributed by atoms with Crippen molar-refractivity contribution in [3.63, 3.8) is 0 Å². The topological polar surface area (TPSA) is 56.3 Å². The molecular weight excluding hydrogens is 242 g/mol. The Morgan fingerprint density at radius 1 is 1.21 bits per heavy atom. The number of hydrogen-bond donors (Lipinski definition) is 1. The van der Waals surface area contributed by atoms with Crippen molar-refractivity contribution in [2.45, 2.75) is 52.8 Å². The number of nitrogens with one attached hydrogen (secondary N) is 1. The van der Waals surface area contributed by atoms with E-state index in [1.165, 1.54) is 0 Å². The van der Waals surface area contributed by atoms with Gasteiger partial charge in [0.2, 0.25) is 5.88 Å². The molecule has 1 heterocycles. The molecule has 0 radical (unpaired) electrons. The zero-order chi connectivity index (χ0) is 14.3. The standard InChI is InChI=1S/C14H25N3O2/c1-11(2)18-6-7-19-13-10-15-8-12(17-13)9-16-14(3,4)5/h8,10-11,16H,6-7,9H2,1-5H3. The summed E-state index contributed by atoms with van der Waals surface area (Å²) in [6, 6.07) is 0. The lowest BCUT2D eigenvalue weighted by Gasteiger charge is -2.20. The van der Waals surface area contributed by atoms with Gasteiger partial charge in [0.25, 0.3) is 0 Å². The number of aromatic nitrogens is 2.